The minimum absolute atomic E-state index is 0.0456. The second kappa shape index (κ2) is 6.02. The lowest BCUT2D eigenvalue weighted by molar-refractivity contribution is 0.0910. The summed E-state index contributed by atoms with van der Waals surface area (Å²) in [5, 5.41) is 3.17. The Morgan fingerprint density at radius 2 is 2.14 bits per heavy atom. The summed E-state index contributed by atoms with van der Waals surface area (Å²) < 4.78 is 0. The topological polar surface area (TPSA) is 80.0 Å². The maximum atomic E-state index is 12.5. The zero-order valence-electron chi connectivity index (χ0n) is 13.4. The van der Waals surface area contributed by atoms with Crippen LogP contribution in [0.4, 0.5) is 5.82 Å². The van der Waals surface area contributed by atoms with Crippen LogP contribution in [0.1, 0.15) is 68.9 Å². The van der Waals surface area contributed by atoms with Gasteiger partial charge in [-0.05, 0) is 36.3 Å². The Balaban J connectivity index is 2.20. The monoisotopic (exact) mass is 290 g/mol. The van der Waals surface area contributed by atoms with E-state index in [9.17, 15) is 4.79 Å². The van der Waals surface area contributed by atoms with Gasteiger partial charge in [-0.2, -0.15) is 0 Å². The Morgan fingerprint density at radius 1 is 1.43 bits per heavy atom. The third-order valence-electron chi connectivity index (χ3n) is 4.41. The molecule has 4 N–H and O–H groups in total. The molecule has 2 rings (SSSR count). The van der Waals surface area contributed by atoms with Crippen molar-refractivity contribution in [2.24, 2.45) is 11.3 Å². The Kier molecular flexibility index (Phi) is 4.52. The molecule has 1 heterocycles. The van der Waals surface area contributed by atoms with E-state index in [-0.39, 0.29) is 23.3 Å². The number of carbonyl (C=O) groups excluding carboxylic acids is 1. The summed E-state index contributed by atoms with van der Waals surface area (Å²) >= 11 is 0. The van der Waals surface area contributed by atoms with Crippen molar-refractivity contribution in [3.05, 3.63) is 23.4 Å². The first-order valence-corrected chi connectivity index (χ1v) is 7.63. The number of rotatable bonds is 4. The molecule has 5 nitrogen and oxygen atoms in total. The van der Waals surface area contributed by atoms with Crippen LogP contribution in [0.15, 0.2) is 12.1 Å². The number of amides is 1. The lowest BCUT2D eigenvalue weighted by Gasteiger charge is -2.28. The molecule has 0 aromatic carbocycles. The molecule has 0 bridgehead atoms. The van der Waals surface area contributed by atoms with Crippen molar-refractivity contribution in [1.82, 2.24) is 10.3 Å². The van der Waals surface area contributed by atoms with Gasteiger partial charge in [-0.15, -0.1) is 0 Å². The predicted molar refractivity (Wildman–Crippen MR) is 85.0 cm³/mol. The summed E-state index contributed by atoms with van der Waals surface area (Å²) in [4.78, 5) is 16.9. The third kappa shape index (κ3) is 3.53. The average Bonchev–Trinajstić information content (AvgIpc) is 2.77. The first-order chi connectivity index (χ1) is 9.83. The fourth-order valence-electron chi connectivity index (χ4n) is 2.89. The van der Waals surface area contributed by atoms with Crippen LogP contribution in [0.2, 0.25) is 0 Å². The number of nitrogens with zero attached hydrogens (tertiary/aromatic N) is 1. The van der Waals surface area contributed by atoms with Crippen molar-refractivity contribution in [2.75, 3.05) is 5.43 Å². The van der Waals surface area contributed by atoms with E-state index >= 15 is 0 Å². The van der Waals surface area contributed by atoms with E-state index in [2.05, 4.69) is 29.6 Å². The molecule has 1 amide bonds. The number of nitrogens with two attached hydrogens (primary N) is 1. The van der Waals surface area contributed by atoms with Gasteiger partial charge in [0.1, 0.15) is 5.82 Å². The van der Waals surface area contributed by atoms with Crippen molar-refractivity contribution in [1.29, 1.82) is 0 Å². The molecule has 1 aliphatic rings. The van der Waals surface area contributed by atoms with E-state index in [1.165, 1.54) is 6.42 Å². The van der Waals surface area contributed by atoms with Gasteiger partial charge in [0.05, 0.1) is 0 Å². The summed E-state index contributed by atoms with van der Waals surface area (Å²) in [6.45, 7) is 8.52. The number of hydrazine groups is 1. The largest absolute Gasteiger partial charge is 0.349 e. The van der Waals surface area contributed by atoms with Gasteiger partial charge >= 0.3 is 0 Å². The van der Waals surface area contributed by atoms with Gasteiger partial charge in [0.15, 0.2) is 0 Å². The molecular formula is C16H26N4O. The molecule has 1 unspecified atom stereocenters. The Bertz CT molecular complexity index is 525. The van der Waals surface area contributed by atoms with E-state index < -0.39 is 0 Å². The minimum atomic E-state index is -0.0456. The van der Waals surface area contributed by atoms with E-state index in [1.54, 1.807) is 6.07 Å². The number of carbonyl (C=O) groups is 1. The number of nitrogens with one attached hydrogen (secondary N) is 2. The molecule has 1 aliphatic carbocycles. The van der Waals surface area contributed by atoms with Crippen LogP contribution in [0.3, 0.4) is 0 Å². The Hall–Kier alpha value is -1.62. The molecule has 1 aromatic rings. The normalized spacial score (nSPS) is 20.6. The number of hydrogen-bond acceptors (Lipinski definition) is 4. The van der Waals surface area contributed by atoms with Crippen LogP contribution < -0.4 is 16.6 Å². The second-order valence-corrected chi connectivity index (χ2v) is 6.87. The molecular weight excluding hydrogens is 264 g/mol. The van der Waals surface area contributed by atoms with Crippen molar-refractivity contribution in [3.63, 3.8) is 0 Å². The van der Waals surface area contributed by atoms with Crippen LogP contribution >= 0.6 is 0 Å². The first-order valence-electron chi connectivity index (χ1n) is 7.63. The molecule has 5 heteroatoms. The third-order valence-corrected chi connectivity index (χ3v) is 4.41. The molecule has 116 valence electrons. The number of hydrogen-bond donors (Lipinski definition) is 3. The summed E-state index contributed by atoms with van der Waals surface area (Å²) in [7, 11) is 0. The standard InChI is InChI=1S/C16H26N4O/c1-10(2)12-8-11(9-14(18-12)20-17)15(21)19-13-6-5-7-16(13,3)4/h8-10,13H,5-7,17H2,1-4H3,(H,18,20)(H,19,21). The van der Waals surface area contributed by atoms with Crippen molar-refractivity contribution >= 4 is 11.7 Å². The Labute approximate surface area is 126 Å². The van der Waals surface area contributed by atoms with Crippen LogP contribution in [0.25, 0.3) is 0 Å². The molecule has 0 aliphatic heterocycles. The van der Waals surface area contributed by atoms with E-state index in [4.69, 9.17) is 5.84 Å². The lowest BCUT2D eigenvalue weighted by atomic mass is 9.87. The number of pyridine rings is 1. The molecule has 21 heavy (non-hydrogen) atoms. The summed E-state index contributed by atoms with van der Waals surface area (Å²) in [5.41, 5.74) is 4.18. The van der Waals surface area contributed by atoms with Crippen LogP contribution in [0, 0.1) is 5.41 Å². The molecule has 0 radical (unpaired) electrons. The zero-order valence-corrected chi connectivity index (χ0v) is 13.4. The quantitative estimate of drug-likeness (QED) is 0.588. The molecule has 0 saturated heterocycles. The van der Waals surface area contributed by atoms with Crippen LogP contribution in [-0.2, 0) is 0 Å². The number of aromatic nitrogens is 1. The second-order valence-electron chi connectivity index (χ2n) is 6.87. The molecule has 1 fully saturated rings. The van der Waals surface area contributed by atoms with Crippen molar-refractivity contribution in [2.45, 2.75) is 58.9 Å². The zero-order chi connectivity index (χ0) is 15.6. The van der Waals surface area contributed by atoms with E-state index in [0.717, 1.165) is 18.5 Å². The van der Waals surface area contributed by atoms with Crippen LogP contribution in [-0.4, -0.2) is 16.9 Å². The van der Waals surface area contributed by atoms with Gasteiger partial charge in [0.25, 0.3) is 5.91 Å². The summed E-state index contributed by atoms with van der Waals surface area (Å²) in [6.07, 6.45) is 3.37. The molecule has 1 atom stereocenters. The van der Waals surface area contributed by atoms with E-state index in [0.29, 0.717) is 11.4 Å². The fourth-order valence-corrected chi connectivity index (χ4v) is 2.89. The highest BCUT2D eigenvalue weighted by atomic mass is 16.1. The Morgan fingerprint density at radius 3 is 2.67 bits per heavy atom. The van der Waals surface area contributed by atoms with Crippen LogP contribution in [0.5, 0.6) is 0 Å². The summed E-state index contributed by atoms with van der Waals surface area (Å²) in [5.74, 6) is 6.17. The van der Waals surface area contributed by atoms with Gasteiger partial charge < -0.3 is 10.7 Å². The number of nitrogen functional groups attached to an aromatic ring is 1. The maximum absolute atomic E-state index is 12.5. The average molecular weight is 290 g/mol. The predicted octanol–water partition coefficient (Wildman–Crippen LogP) is 2.80. The number of anilines is 1. The van der Waals surface area contributed by atoms with Gasteiger partial charge in [-0.25, -0.2) is 10.8 Å². The van der Waals surface area contributed by atoms with E-state index in [1.807, 2.05) is 19.9 Å². The smallest absolute Gasteiger partial charge is 0.251 e. The minimum Gasteiger partial charge on any atom is -0.349 e. The van der Waals surface area contributed by atoms with Gasteiger partial charge in [0, 0.05) is 17.3 Å². The molecule has 1 aromatic heterocycles. The molecule has 0 spiro atoms. The van der Waals surface area contributed by atoms with Crippen molar-refractivity contribution in [3.8, 4) is 0 Å². The molecule has 1 saturated carbocycles. The highest BCUT2D eigenvalue weighted by Crippen LogP contribution is 2.37. The highest BCUT2D eigenvalue weighted by molar-refractivity contribution is 5.95. The van der Waals surface area contributed by atoms with Gasteiger partial charge in [-0.1, -0.05) is 34.1 Å². The lowest BCUT2D eigenvalue weighted by Crippen LogP contribution is -2.41. The highest BCUT2D eigenvalue weighted by Gasteiger charge is 2.35. The first kappa shape index (κ1) is 15.8. The summed E-state index contributed by atoms with van der Waals surface area (Å²) in [6, 6.07) is 3.78. The van der Waals surface area contributed by atoms with Gasteiger partial charge in [0.2, 0.25) is 0 Å². The van der Waals surface area contributed by atoms with Crippen molar-refractivity contribution < 1.29 is 4.79 Å². The fraction of sp³-hybridized carbons (Fsp3) is 0.625. The maximum Gasteiger partial charge on any atom is 0.251 e. The SMILES string of the molecule is CC(C)c1cc(C(=O)NC2CCCC2(C)C)cc(NN)n1. The van der Waals surface area contributed by atoms with Gasteiger partial charge in [-0.3, -0.25) is 4.79 Å².